The van der Waals surface area contributed by atoms with Gasteiger partial charge >= 0.3 is 22.7 Å². The van der Waals surface area contributed by atoms with Gasteiger partial charge in [0.15, 0.2) is 0 Å². The van der Waals surface area contributed by atoms with E-state index in [1.165, 1.54) is 5.47 Å². The van der Waals surface area contributed by atoms with Gasteiger partial charge < -0.3 is 23.0 Å². The summed E-state index contributed by atoms with van der Waals surface area (Å²) >= 11 is 0. The maximum absolute atomic E-state index is 11.8. The van der Waals surface area contributed by atoms with Crippen molar-refractivity contribution in [2.24, 2.45) is 0 Å². The Kier molecular flexibility index (Phi) is 7.48. The summed E-state index contributed by atoms with van der Waals surface area (Å²) in [4.78, 5) is 0. The first-order valence-electron chi connectivity index (χ1n) is 9.15. The van der Waals surface area contributed by atoms with E-state index in [0.29, 0.717) is 6.61 Å². The van der Waals surface area contributed by atoms with Crippen LogP contribution in [0.15, 0.2) is 23.4 Å². The van der Waals surface area contributed by atoms with Crippen molar-refractivity contribution in [1.29, 1.82) is 0 Å². The van der Waals surface area contributed by atoms with E-state index in [4.69, 9.17) is 18.8 Å². The summed E-state index contributed by atoms with van der Waals surface area (Å²) in [6.07, 6.45) is 4.17. The van der Waals surface area contributed by atoms with Gasteiger partial charge in [-0.15, -0.1) is 0 Å². The van der Waals surface area contributed by atoms with Gasteiger partial charge in [-0.2, -0.15) is 21.6 Å². The van der Waals surface area contributed by atoms with Gasteiger partial charge in [-0.1, -0.05) is 6.08 Å². The van der Waals surface area contributed by atoms with Gasteiger partial charge in [-0.25, -0.2) is 0 Å². The highest BCUT2D eigenvalue weighted by atomic mass is 32.2. The highest BCUT2D eigenvalue weighted by molar-refractivity contribution is 7.87. The first-order chi connectivity index (χ1) is 13.3. The Hall–Kier alpha value is -1.08. The summed E-state index contributed by atoms with van der Waals surface area (Å²) in [6, 6.07) is 0. The number of halogens is 3. The maximum Gasteiger partial charge on any atom is 0.534 e. The molecule has 0 aromatic rings. The van der Waals surface area contributed by atoms with Gasteiger partial charge in [0.25, 0.3) is 0 Å². The Bertz CT molecular complexity index is 729. The molecule has 3 heterocycles. The monoisotopic (exact) mass is 442 g/mol. The van der Waals surface area contributed by atoms with Crippen molar-refractivity contribution in [2.45, 2.75) is 57.2 Å². The van der Waals surface area contributed by atoms with Crippen molar-refractivity contribution in [3.05, 3.63) is 23.4 Å². The molecule has 1 saturated heterocycles. The Morgan fingerprint density at radius 3 is 1.90 bits per heavy atom. The summed E-state index contributed by atoms with van der Waals surface area (Å²) in [5, 5.41) is 0. The minimum atomic E-state index is -5.52. The minimum absolute atomic E-state index is 0.0231. The SMILES string of the molecule is CC1(C)OB(C2=CCOCC2)OC1(C)C.O=S(=O)(OC1=CCOCC1)C(F)(F)F. The predicted octanol–water partition coefficient (Wildman–Crippen LogP) is 3.12. The zero-order valence-electron chi connectivity index (χ0n) is 16.9. The van der Waals surface area contributed by atoms with Crippen molar-refractivity contribution in [3.63, 3.8) is 0 Å². The lowest BCUT2D eigenvalue weighted by molar-refractivity contribution is -0.0527. The second-order valence-corrected chi connectivity index (χ2v) is 9.21. The molecule has 0 unspecified atom stereocenters. The van der Waals surface area contributed by atoms with E-state index in [1.807, 2.05) is 0 Å². The smallest absolute Gasteiger partial charge is 0.400 e. The van der Waals surface area contributed by atoms with E-state index in [0.717, 1.165) is 19.1 Å². The molecule has 7 nitrogen and oxygen atoms in total. The number of ether oxygens (including phenoxy) is 2. The van der Waals surface area contributed by atoms with Gasteiger partial charge in [0.2, 0.25) is 0 Å². The van der Waals surface area contributed by atoms with E-state index in [1.54, 1.807) is 0 Å². The Morgan fingerprint density at radius 1 is 0.966 bits per heavy atom. The van der Waals surface area contributed by atoms with Crippen LogP contribution in [0, 0.1) is 0 Å². The largest absolute Gasteiger partial charge is 0.534 e. The summed E-state index contributed by atoms with van der Waals surface area (Å²) in [7, 11) is -5.70. The number of rotatable bonds is 3. The van der Waals surface area contributed by atoms with Crippen LogP contribution in [0.5, 0.6) is 0 Å². The molecule has 0 N–H and O–H groups in total. The molecule has 0 amide bonds. The molecule has 0 bridgehead atoms. The standard InChI is InChI=1S/C11H19BO3.C6H7F3O4S/c1-10(2)11(3,4)15-12(14-10)9-5-7-13-8-6-9;7-6(8,9)14(10,11)13-5-1-3-12-4-2-5/h5H,6-8H2,1-4H3;1H,2-4H2. The molecule has 3 aliphatic rings. The van der Waals surface area contributed by atoms with Crippen molar-refractivity contribution in [3.8, 4) is 0 Å². The first kappa shape index (κ1) is 24.2. The van der Waals surface area contributed by atoms with Gasteiger partial charge in [-0.3, -0.25) is 0 Å². The van der Waals surface area contributed by atoms with Crippen molar-refractivity contribution in [2.75, 3.05) is 26.4 Å². The van der Waals surface area contributed by atoms with Gasteiger partial charge in [0.1, 0.15) is 5.76 Å². The molecule has 29 heavy (non-hydrogen) atoms. The zero-order valence-corrected chi connectivity index (χ0v) is 17.7. The van der Waals surface area contributed by atoms with Crippen LogP contribution in [0.1, 0.15) is 40.5 Å². The fourth-order valence-corrected chi connectivity index (χ4v) is 3.05. The van der Waals surface area contributed by atoms with Crippen LogP contribution in [-0.4, -0.2) is 58.7 Å². The molecule has 3 aliphatic heterocycles. The average molecular weight is 442 g/mol. The first-order valence-corrected chi connectivity index (χ1v) is 10.6. The third kappa shape index (κ3) is 6.20. The fraction of sp³-hybridized carbons (Fsp3) is 0.765. The van der Waals surface area contributed by atoms with Crippen LogP contribution in [0.4, 0.5) is 13.2 Å². The second kappa shape index (κ2) is 8.97. The Morgan fingerprint density at radius 2 is 1.48 bits per heavy atom. The normalized spacial score (nSPS) is 24.2. The lowest BCUT2D eigenvalue weighted by atomic mass is 9.75. The van der Waals surface area contributed by atoms with Crippen LogP contribution in [-0.2, 0) is 33.1 Å². The molecule has 0 saturated carbocycles. The molecular formula is C17H26BF3O7S. The lowest BCUT2D eigenvalue weighted by Gasteiger charge is -2.32. The molecule has 0 aromatic carbocycles. The average Bonchev–Trinajstić information content (AvgIpc) is 2.83. The number of hydrogen-bond acceptors (Lipinski definition) is 7. The number of alkyl halides is 3. The quantitative estimate of drug-likeness (QED) is 0.378. The summed E-state index contributed by atoms with van der Waals surface area (Å²) in [6.45, 7) is 9.97. The molecular weight excluding hydrogens is 416 g/mol. The van der Waals surface area contributed by atoms with Crippen LogP contribution < -0.4 is 0 Å². The van der Waals surface area contributed by atoms with Gasteiger partial charge in [0, 0.05) is 6.42 Å². The lowest BCUT2D eigenvalue weighted by Crippen LogP contribution is -2.41. The molecule has 0 aliphatic carbocycles. The third-order valence-corrected chi connectivity index (χ3v) is 5.98. The summed E-state index contributed by atoms with van der Waals surface area (Å²) < 4.78 is 82.3. The van der Waals surface area contributed by atoms with E-state index in [2.05, 4.69) is 38.0 Å². The fourth-order valence-electron chi connectivity index (χ4n) is 2.52. The van der Waals surface area contributed by atoms with Crippen LogP contribution in [0.25, 0.3) is 0 Å². The second-order valence-electron chi connectivity index (χ2n) is 7.67. The summed E-state index contributed by atoms with van der Waals surface area (Å²) in [5.41, 5.74) is -4.64. The molecule has 12 heteroatoms. The van der Waals surface area contributed by atoms with Crippen LogP contribution in [0.2, 0.25) is 0 Å². The zero-order chi connectivity index (χ0) is 21.9. The summed E-state index contributed by atoms with van der Waals surface area (Å²) in [5.74, 6) is -0.228. The predicted molar refractivity (Wildman–Crippen MR) is 99.2 cm³/mol. The Labute approximate surface area is 169 Å². The molecule has 0 atom stereocenters. The highest BCUT2D eigenvalue weighted by Crippen LogP contribution is 2.39. The molecule has 1 fully saturated rings. The molecule has 166 valence electrons. The van der Waals surface area contributed by atoms with Gasteiger partial charge in [0.05, 0.1) is 37.6 Å². The van der Waals surface area contributed by atoms with E-state index >= 15 is 0 Å². The van der Waals surface area contributed by atoms with Crippen LogP contribution in [0.3, 0.4) is 0 Å². The molecule has 3 rings (SSSR count). The van der Waals surface area contributed by atoms with Crippen molar-refractivity contribution < 1.29 is 44.6 Å². The van der Waals surface area contributed by atoms with Gasteiger partial charge in [-0.05, 0) is 45.7 Å². The minimum Gasteiger partial charge on any atom is -0.400 e. The van der Waals surface area contributed by atoms with E-state index in [9.17, 15) is 21.6 Å². The maximum atomic E-state index is 11.8. The molecule has 0 aromatic heterocycles. The van der Waals surface area contributed by atoms with E-state index in [-0.39, 0.29) is 43.7 Å². The van der Waals surface area contributed by atoms with Crippen molar-refractivity contribution >= 4 is 17.2 Å². The Balaban J connectivity index is 0.000000208. The molecule has 0 radical (unpaired) electrons. The third-order valence-electron chi connectivity index (χ3n) is 4.98. The number of hydrogen-bond donors (Lipinski definition) is 0. The van der Waals surface area contributed by atoms with Crippen molar-refractivity contribution in [1.82, 2.24) is 0 Å². The topological polar surface area (TPSA) is 80.3 Å². The highest BCUT2D eigenvalue weighted by Gasteiger charge is 2.52. The molecule has 0 spiro atoms. The van der Waals surface area contributed by atoms with Crippen LogP contribution >= 0.6 is 0 Å². The van der Waals surface area contributed by atoms with E-state index < -0.39 is 15.6 Å².